The van der Waals surface area contributed by atoms with Gasteiger partial charge >= 0.3 is 5.97 Å². The number of benzene rings is 1. The van der Waals surface area contributed by atoms with Crippen LogP contribution in [0.5, 0.6) is 5.75 Å². The fourth-order valence-corrected chi connectivity index (χ4v) is 2.54. The second-order valence-corrected chi connectivity index (χ2v) is 5.07. The molecule has 0 aliphatic heterocycles. The first-order chi connectivity index (χ1) is 10.1. The van der Waals surface area contributed by atoms with Gasteiger partial charge in [0.05, 0.1) is 18.4 Å². The van der Waals surface area contributed by atoms with Crippen LogP contribution in [0.1, 0.15) is 20.7 Å². The highest BCUT2D eigenvalue weighted by Gasteiger charge is 2.13. The van der Waals surface area contributed by atoms with Gasteiger partial charge in [-0.25, -0.2) is 9.78 Å². The molecule has 0 bridgehead atoms. The van der Waals surface area contributed by atoms with Gasteiger partial charge in [-0.1, -0.05) is 11.8 Å². The highest BCUT2D eigenvalue weighted by molar-refractivity contribution is 8.00. The Balaban J connectivity index is 2.05. The van der Waals surface area contributed by atoms with Crippen molar-refractivity contribution in [3.8, 4) is 5.75 Å². The van der Waals surface area contributed by atoms with Gasteiger partial charge < -0.3 is 9.84 Å². The average Bonchev–Trinajstić information content (AvgIpc) is 2.52. The Morgan fingerprint density at radius 3 is 2.57 bits per heavy atom. The van der Waals surface area contributed by atoms with Crippen LogP contribution in [-0.2, 0) is 0 Å². The molecular formula is C15H13NO4S. The summed E-state index contributed by atoms with van der Waals surface area (Å²) in [5, 5.41) is 9.39. The third kappa shape index (κ3) is 3.82. The maximum Gasteiger partial charge on any atom is 0.338 e. The maximum atomic E-state index is 12.1. The minimum Gasteiger partial charge on any atom is -0.497 e. The number of pyridine rings is 1. The van der Waals surface area contributed by atoms with Gasteiger partial charge in [-0.05, 0) is 36.4 Å². The molecule has 0 amide bonds. The monoisotopic (exact) mass is 303 g/mol. The molecule has 0 spiro atoms. The van der Waals surface area contributed by atoms with E-state index in [1.807, 2.05) is 0 Å². The third-order valence-electron chi connectivity index (χ3n) is 2.75. The number of aromatic carboxylic acids is 1. The minimum atomic E-state index is -1.05. The van der Waals surface area contributed by atoms with Crippen LogP contribution in [0.4, 0.5) is 0 Å². The largest absolute Gasteiger partial charge is 0.497 e. The number of rotatable bonds is 6. The van der Waals surface area contributed by atoms with E-state index in [2.05, 4.69) is 4.98 Å². The topological polar surface area (TPSA) is 76.5 Å². The zero-order valence-electron chi connectivity index (χ0n) is 11.3. The summed E-state index contributed by atoms with van der Waals surface area (Å²) < 4.78 is 5.03. The highest BCUT2D eigenvalue weighted by atomic mass is 32.2. The zero-order valence-corrected chi connectivity index (χ0v) is 12.1. The van der Waals surface area contributed by atoms with Gasteiger partial charge in [-0.2, -0.15) is 0 Å². The fourth-order valence-electron chi connectivity index (χ4n) is 1.66. The summed E-state index contributed by atoms with van der Waals surface area (Å²) in [5.41, 5.74) is 0.654. The van der Waals surface area contributed by atoms with Crippen LogP contribution in [0.15, 0.2) is 47.6 Å². The third-order valence-corrected chi connectivity index (χ3v) is 3.76. The van der Waals surface area contributed by atoms with Gasteiger partial charge in [0.15, 0.2) is 5.78 Å². The molecule has 21 heavy (non-hydrogen) atoms. The normalized spacial score (nSPS) is 10.1. The minimum absolute atomic E-state index is 0.0929. The first kappa shape index (κ1) is 15.1. The Bertz CT molecular complexity index is 655. The molecule has 0 saturated carbocycles. The Morgan fingerprint density at radius 2 is 1.95 bits per heavy atom. The number of thioether (sulfide) groups is 1. The summed E-state index contributed by atoms with van der Waals surface area (Å²) >= 11 is 1.12. The predicted octanol–water partition coefficient (Wildman–Crippen LogP) is 2.76. The summed E-state index contributed by atoms with van der Waals surface area (Å²) in [5.74, 6) is -0.340. The zero-order chi connectivity index (χ0) is 15.2. The van der Waals surface area contributed by atoms with Crippen LogP contribution >= 0.6 is 11.8 Å². The smallest absolute Gasteiger partial charge is 0.338 e. The lowest BCUT2D eigenvalue weighted by Crippen LogP contribution is -2.05. The molecule has 1 heterocycles. The lowest BCUT2D eigenvalue weighted by Gasteiger charge is -2.05. The van der Waals surface area contributed by atoms with E-state index in [9.17, 15) is 9.59 Å². The molecule has 0 saturated heterocycles. The number of ketones is 1. The van der Waals surface area contributed by atoms with Crippen molar-refractivity contribution in [2.75, 3.05) is 12.9 Å². The Labute approximate surface area is 126 Å². The predicted molar refractivity (Wildman–Crippen MR) is 79.2 cm³/mol. The molecule has 5 nitrogen and oxygen atoms in total. The molecule has 108 valence electrons. The quantitative estimate of drug-likeness (QED) is 0.653. The molecule has 2 aromatic rings. The number of aromatic nitrogens is 1. The lowest BCUT2D eigenvalue weighted by molar-refractivity contribution is 0.0692. The molecule has 1 aromatic carbocycles. The summed E-state index contributed by atoms with van der Waals surface area (Å²) in [7, 11) is 1.56. The molecule has 0 unspecified atom stereocenters. The number of Topliss-reactive ketones (excluding diaryl/α,β-unsaturated/α-hetero) is 1. The Hall–Kier alpha value is -2.34. The van der Waals surface area contributed by atoms with E-state index in [0.717, 1.165) is 11.8 Å². The molecule has 1 N–H and O–H groups in total. The number of ether oxygens (including phenoxy) is 1. The number of nitrogens with zero attached hydrogens (tertiary/aromatic N) is 1. The van der Waals surface area contributed by atoms with E-state index < -0.39 is 5.97 Å². The van der Waals surface area contributed by atoms with Crippen molar-refractivity contribution >= 4 is 23.5 Å². The summed E-state index contributed by atoms with van der Waals surface area (Å²) in [6.07, 6.45) is 1.51. The molecule has 2 rings (SSSR count). The van der Waals surface area contributed by atoms with Crippen LogP contribution in [0.3, 0.4) is 0 Å². The Kier molecular flexibility index (Phi) is 4.94. The van der Waals surface area contributed by atoms with Gasteiger partial charge in [-0.3, -0.25) is 4.79 Å². The van der Waals surface area contributed by atoms with Gasteiger partial charge in [0.2, 0.25) is 0 Å². The van der Waals surface area contributed by atoms with Crippen molar-refractivity contribution in [3.63, 3.8) is 0 Å². The molecule has 0 radical (unpaired) electrons. The van der Waals surface area contributed by atoms with Crippen molar-refractivity contribution in [1.29, 1.82) is 0 Å². The van der Waals surface area contributed by atoms with E-state index in [-0.39, 0.29) is 17.1 Å². The van der Waals surface area contributed by atoms with Crippen LogP contribution in [0, 0.1) is 0 Å². The van der Waals surface area contributed by atoms with Crippen LogP contribution < -0.4 is 4.74 Å². The number of carbonyl (C=O) groups is 2. The first-order valence-corrected chi connectivity index (χ1v) is 7.08. The number of hydrogen-bond donors (Lipinski definition) is 1. The molecule has 0 aliphatic rings. The first-order valence-electron chi connectivity index (χ1n) is 6.10. The van der Waals surface area contributed by atoms with E-state index in [4.69, 9.17) is 9.84 Å². The number of carbonyl (C=O) groups excluding carboxylic acids is 1. The Morgan fingerprint density at radius 1 is 1.24 bits per heavy atom. The van der Waals surface area contributed by atoms with Crippen molar-refractivity contribution in [3.05, 3.63) is 53.7 Å². The van der Waals surface area contributed by atoms with Crippen LogP contribution in [0.25, 0.3) is 0 Å². The SMILES string of the molecule is COc1ccc(C(=O)CSc2ncccc2C(=O)O)cc1. The fraction of sp³-hybridized carbons (Fsp3) is 0.133. The molecule has 1 aromatic heterocycles. The van der Waals surface area contributed by atoms with Crippen LogP contribution in [-0.4, -0.2) is 34.7 Å². The molecule has 0 atom stereocenters. The maximum absolute atomic E-state index is 12.1. The lowest BCUT2D eigenvalue weighted by atomic mass is 10.1. The summed E-state index contributed by atoms with van der Waals surface area (Å²) in [4.78, 5) is 27.1. The second-order valence-electron chi connectivity index (χ2n) is 4.10. The summed E-state index contributed by atoms with van der Waals surface area (Å²) in [6, 6.07) is 9.80. The van der Waals surface area contributed by atoms with Crippen molar-refractivity contribution in [2.24, 2.45) is 0 Å². The molecule has 0 aliphatic carbocycles. The molecular weight excluding hydrogens is 290 g/mol. The summed E-state index contributed by atoms with van der Waals surface area (Å²) in [6.45, 7) is 0. The molecule has 0 fully saturated rings. The van der Waals surface area contributed by atoms with Gasteiger partial charge in [-0.15, -0.1) is 0 Å². The number of methoxy groups -OCH3 is 1. The molecule has 6 heteroatoms. The van der Waals surface area contributed by atoms with Gasteiger partial charge in [0.1, 0.15) is 10.8 Å². The van der Waals surface area contributed by atoms with Gasteiger partial charge in [0.25, 0.3) is 0 Å². The highest BCUT2D eigenvalue weighted by Crippen LogP contribution is 2.21. The van der Waals surface area contributed by atoms with E-state index in [0.29, 0.717) is 16.3 Å². The van der Waals surface area contributed by atoms with E-state index >= 15 is 0 Å². The number of carboxylic acids is 1. The van der Waals surface area contributed by atoms with E-state index in [1.165, 1.54) is 12.3 Å². The van der Waals surface area contributed by atoms with Crippen LogP contribution in [0.2, 0.25) is 0 Å². The average molecular weight is 303 g/mol. The van der Waals surface area contributed by atoms with Crippen molar-refractivity contribution in [2.45, 2.75) is 5.03 Å². The van der Waals surface area contributed by atoms with E-state index in [1.54, 1.807) is 37.4 Å². The van der Waals surface area contributed by atoms with Crippen molar-refractivity contribution in [1.82, 2.24) is 4.98 Å². The van der Waals surface area contributed by atoms with Crippen molar-refractivity contribution < 1.29 is 19.4 Å². The second kappa shape index (κ2) is 6.90. The number of carboxylic acid groups (broad SMARTS) is 1. The standard InChI is InChI=1S/C15H13NO4S/c1-20-11-6-4-10(5-7-11)13(17)9-21-14-12(15(18)19)3-2-8-16-14/h2-8H,9H2,1H3,(H,18,19). The van der Waals surface area contributed by atoms with Gasteiger partial charge in [0, 0.05) is 11.8 Å². The number of hydrogen-bond acceptors (Lipinski definition) is 5.